The van der Waals surface area contributed by atoms with Crippen LogP contribution < -0.4 is 0 Å². The SMILES string of the molecule is Cc1c(-n2ccnn2)ccnc1-c1ccccc1-c1nn[nH]n1. The van der Waals surface area contributed by atoms with Crippen molar-refractivity contribution in [2.45, 2.75) is 6.92 Å². The zero-order valence-corrected chi connectivity index (χ0v) is 12.2. The molecule has 0 saturated heterocycles. The molecule has 0 unspecified atom stereocenters. The minimum atomic E-state index is 0.535. The van der Waals surface area contributed by atoms with Crippen LogP contribution in [0.2, 0.25) is 0 Å². The van der Waals surface area contributed by atoms with Crippen molar-refractivity contribution in [3.63, 3.8) is 0 Å². The molecular formula is C15H12N8. The van der Waals surface area contributed by atoms with E-state index in [0.29, 0.717) is 5.82 Å². The summed E-state index contributed by atoms with van der Waals surface area (Å²) in [6.07, 6.45) is 5.20. The van der Waals surface area contributed by atoms with Gasteiger partial charge >= 0.3 is 0 Å². The lowest BCUT2D eigenvalue weighted by molar-refractivity contribution is 0.797. The predicted molar refractivity (Wildman–Crippen MR) is 82.5 cm³/mol. The summed E-state index contributed by atoms with van der Waals surface area (Å²) in [7, 11) is 0. The third kappa shape index (κ3) is 2.26. The number of nitrogens with one attached hydrogen (secondary N) is 1. The van der Waals surface area contributed by atoms with Gasteiger partial charge in [-0.15, -0.1) is 15.3 Å². The van der Waals surface area contributed by atoms with Crippen molar-refractivity contribution in [1.29, 1.82) is 0 Å². The standard InChI is InChI=1S/C15H12N8/c1-10-13(23-9-8-17-22-23)6-7-16-14(10)11-4-2-3-5-12(11)15-18-20-21-19-15/h2-9H,1H3,(H,18,19,20,21). The van der Waals surface area contributed by atoms with E-state index in [0.717, 1.165) is 28.1 Å². The molecule has 112 valence electrons. The van der Waals surface area contributed by atoms with Crippen molar-refractivity contribution >= 4 is 0 Å². The van der Waals surface area contributed by atoms with Gasteiger partial charge in [0.2, 0.25) is 5.82 Å². The number of benzene rings is 1. The Balaban J connectivity index is 1.92. The number of hydrogen-bond acceptors (Lipinski definition) is 6. The largest absolute Gasteiger partial charge is 0.256 e. The van der Waals surface area contributed by atoms with Crippen LogP contribution in [0.3, 0.4) is 0 Å². The number of aromatic nitrogens is 8. The first-order chi connectivity index (χ1) is 11.3. The molecule has 1 N–H and O–H groups in total. The molecule has 0 bridgehead atoms. The first kappa shape index (κ1) is 13.3. The van der Waals surface area contributed by atoms with Crippen LogP contribution in [-0.2, 0) is 0 Å². The fourth-order valence-electron chi connectivity index (χ4n) is 2.54. The summed E-state index contributed by atoms with van der Waals surface area (Å²) >= 11 is 0. The molecule has 0 spiro atoms. The summed E-state index contributed by atoms with van der Waals surface area (Å²) in [6, 6.07) is 9.74. The third-order valence-electron chi connectivity index (χ3n) is 3.61. The summed E-state index contributed by atoms with van der Waals surface area (Å²) in [5.74, 6) is 0.535. The second-order valence-electron chi connectivity index (χ2n) is 4.93. The molecule has 0 amide bonds. The third-order valence-corrected chi connectivity index (χ3v) is 3.61. The Hall–Kier alpha value is -3.42. The van der Waals surface area contributed by atoms with E-state index in [9.17, 15) is 0 Å². The second-order valence-corrected chi connectivity index (χ2v) is 4.93. The molecular weight excluding hydrogens is 292 g/mol. The monoisotopic (exact) mass is 304 g/mol. The topological polar surface area (TPSA) is 98.1 Å². The zero-order valence-electron chi connectivity index (χ0n) is 12.2. The van der Waals surface area contributed by atoms with E-state index >= 15 is 0 Å². The lowest BCUT2D eigenvalue weighted by Crippen LogP contribution is -2.01. The van der Waals surface area contributed by atoms with Crippen molar-refractivity contribution in [2.75, 3.05) is 0 Å². The molecule has 3 heterocycles. The van der Waals surface area contributed by atoms with Crippen LogP contribution in [0.25, 0.3) is 28.3 Å². The highest BCUT2D eigenvalue weighted by molar-refractivity contribution is 5.81. The summed E-state index contributed by atoms with van der Waals surface area (Å²) in [4.78, 5) is 4.54. The maximum atomic E-state index is 4.54. The molecule has 4 aromatic rings. The van der Waals surface area contributed by atoms with E-state index < -0.39 is 0 Å². The van der Waals surface area contributed by atoms with Gasteiger partial charge in [0, 0.05) is 22.9 Å². The van der Waals surface area contributed by atoms with Gasteiger partial charge in [0.05, 0.1) is 23.8 Å². The summed E-state index contributed by atoms with van der Waals surface area (Å²) in [5.41, 5.74) is 4.57. The van der Waals surface area contributed by atoms with Crippen LogP contribution >= 0.6 is 0 Å². The van der Waals surface area contributed by atoms with Crippen molar-refractivity contribution in [3.05, 3.63) is 54.5 Å². The molecule has 0 aliphatic carbocycles. The molecule has 4 rings (SSSR count). The van der Waals surface area contributed by atoms with Gasteiger partial charge in [-0.1, -0.05) is 29.5 Å². The van der Waals surface area contributed by atoms with Gasteiger partial charge in [-0.05, 0) is 18.2 Å². The Morgan fingerprint density at radius 2 is 1.91 bits per heavy atom. The van der Waals surface area contributed by atoms with E-state index in [1.807, 2.05) is 37.3 Å². The maximum Gasteiger partial charge on any atom is 0.205 e. The number of tetrazole rings is 1. The van der Waals surface area contributed by atoms with Crippen LogP contribution in [0.1, 0.15) is 5.56 Å². The van der Waals surface area contributed by atoms with Crippen LogP contribution in [-0.4, -0.2) is 40.6 Å². The van der Waals surface area contributed by atoms with Crippen LogP contribution in [0, 0.1) is 6.92 Å². The van der Waals surface area contributed by atoms with E-state index in [1.54, 1.807) is 23.3 Å². The summed E-state index contributed by atoms with van der Waals surface area (Å²) in [5, 5.41) is 22.2. The first-order valence-electron chi connectivity index (χ1n) is 7.00. The normalized spacial score (nSPS) is 10.8. The molecule has 8 nitrogen and oxygen atoms in total. The number of rotatable bonds is 3. The molecule has 1 aromatic carbocycles. The molecule has 0 aliphatic rings. The van der Waals surface area contributed by atoms with Gasteiger partial charge < -0.3 is 0 Å². The van der Waals surface area contributed by atoms with E-state index in [1.165, 1.54) is 0 Å². The van der Waals surface area contributed by atoms with Gasteiger partial charge in [0.1, 0.15) is 0 Å². The van der Waals surface area contributed by atoms with Crippen molar-refractivity contribution < 1.29 is 0 Å². The highest BCUT2D eigenvalue weighted by Gasteiger charge is 2.15. The van der Waals surface area contributed by atoms with Gasteiger partial charge in [-0.25, -0.2) is 4.68 Å². The fraction of sp³-hybridized carbons (Fsp3) is 0.0667. The number of H-pyrrole nitrogens is 1. The average molecular weight is 304 g/mol. The first-order valence-corrected chi connectivity index (χ1v) is 7.00. The lowest BCUT2D eigenvalue weighted by atomic mass is 9.99. The smallest absolute Gasteiger partial charge is 0.205 e. The molecule has 0 fully saturated rings. The van der Waals surface area contributed by atoms with E-state index in [4.69, 9.17) is 0 Å². The molecule has 0 atom stereocenters. The van der Waals surface area contributed by atoms with Gasteiger partial charge in [-0.2, -0.15) is 5.21 Å². The summed E-state index contributed by atoms with van der Waals surface area (Å²) in [6.45, 7) is 2.01. The Labute approximate surface area is 131 Å². The van der Waals surface area contributed by atoms with Gasteiger partial charge in [0.15, 0.2) is 0 Å². The van der Waals surface area contributed by atoms with Crippen molar-refractivity contribution in [3.8, 4) is 28.3 Å². The quantitative estimate of drug-likeness (QED) is 0.620. The molecule has 23 heavy (non-hydrogen) atoms. The van der Waals surface area contributed by atoms with Gasteiger partial charge in [-0.3, -0.25) is 4.98 Å². The van der Waals surface area contributed by atoms with Crippen LogP contribution in [0.4, 0.5) is 0 Å². The number of pyridine rings is 1. The number of aromatic amines is 1. The zero-order chi connectivity index (χ0) is 15.6. The second kappa shape index (κ2) is 5.41. The minimum absolute atomic E-state index is 0.535. The summed E-state index contributed by atoms with van der Waals surface area (Å²) < 4.78 is 1.72. The van der Waals surface area contributed by atoms with Crippen molar-refractivity contribution in [1.82, 2.24) is 40.6 Å². The highest BCUT2D eigenvalue weighted by atomic mass is 15.5. The van der Waals surface area contributed by atoms with Crippen molar-refractivity contribution in [2.24, 2.45) is 0 Å². The Kier molecular flexibility index (Phi) is 3.12. The molecule has 8 heteroatoms. The lowest BCUT2D eigenvalue weighted by Gasteiger charge is -2.12. The number of hydrogen-bond donors (Lipinski definition) is 1. The fourth-order valence-corrected chi connectivity index (χ4v) is 2.54. The Bertz CT molecular complexity index is 928. The van der Waals surface area contributed by atoms with Gasteiger partial charge in [0.25, 0.3) is 0 Å². The predicted octanol–water partition coefficient (Wildman–Crippen LogP) is 1.82. The van der Waals surface area contributed by atoms with E-state index in [-0.39, 0.29) is 0 Å². The average Bonchev–Trinajstić information content (AvgIpc) is 3.29. The number of nitrogens with zero attached hydrogens (tertiary/aromatic N) is 7. The maximum absolute atomic E-state index is 4.54. The molecule has 0 saturated carbocycles. The molecule has 0 radical (unpaired) electrons. The molecule has 3 aromatic heterocycles. The van der Waals surface area contributed by atoms with E-state index in [2.05, 4.69) is 35.9 Å². The Morgan fingerprint density at radius 1 is 1.04 bits per heavy atom. The Morgan fingerprint density at radius 3 is 2.65 bits per heavy atom. The highest BCUT2D eigenvalue weighted by Crippen LogP contribution is 2.32. The van der Waals surface area contributed by atoms with Crippen LogP contribution in [0.5, 0.6) is 0 Å². The molecule has 0 aliphatic heterocycles. The minimum Gasteiger partial charge on any atom is -0.256 e. The van der Waals surface area contributed by atoms with Crippen LogP contribution in [0.15, 0.2) is 48.9 Å².